The maximum absolute atomic E-state index is 12.7. The van der Waals surface area contributed by atoms with Crippen LogP contribution in [0.5, 0.6) is 11.5 Å². The van der Waals surface area contributed by atoms with Gasteiger partial charge >= 0.3 is 0 Å². The van der Waals surface area contributed by atoms with E-state index >= 15 is 0 Å². The molecule has 4 nitrogen and oxygen atoms in total. The highest BCUT2D eigenvalue weighted by Gasteiger charge is 2.47. The minimum absolute atomic E-state index is 0.0693. The van der Waals surface area contributed by atoms with Gasteiger partial charge in [-0.15, -0.1) is 0 Å². The summed E-state index contributed by atoms with van der Waals surface area (Å²) in [5, 5.41) is 14.1. The number of hydrogen-bond acceptors (Lipinski definition) is 3. The van der Waals surface area contributed by atoms with Gasteiger partial charge in [0.1, 0.15) is 17.1 Å². The van der Waals surface area contributed by atoms with Crippen molar-refractivity contribution in [3.63, 3.8) is 0 Å². The van der Waals surface area contributed by atoms with Gasteiger partial charge in [0.2, 0.25) is 5.91 Å². The topological polar surface area (TPSA) is 58.6 Å². The molecule has 0 saturated heterocycles. The van der Waals surface area contributed by atoms with Gasteiger partial charge in [0.15, 0.2) is 0 Å². The van der Waals surface area contributed by atoms with Crippen LogP contribution in [-0.4, -0.2) is 22.7 Å². The molecule has 0 radical (unpaired) electrons. The summed E-state index contributed by atoms with van der Waals surface area (Å²) < 4.78 is 6.40. The van der Waals surface area contributed by atoms with Crippen LogP contribution in [0.25, 0.3) is 0 Å². The molecule has 1 fully saturated rings. The van der Waals surface area contributed by atoms with E-state index in [2.05, 4.69) is 52.1 Å². The Morgan fingerprint density at radius 2 is 1.96 bits per heavy atom. The van der Waals surface area contributed by atoms with Crippen LogP contribution in [0.2, 0.25) is 0 Å². The fourth-order valence-electron chi connectivity index (χ4n) is 4.84. The number of nitrogens with one attached hydrogen (secondary N) is 1. The third-order valence-electron chi connectivity index (χ3n) is 6.90. The number of carbonyl (C=O) groups excluding carboxylic acids is 1. The van der Waals surface area contributed by atoms with Crippen molar-refractivity contribution in [1.29, 1.82) is 0 Å². The number of benzene rings is 1. The maximum atomic E-state index is 12.7. The first-order valence-electron chi connectivity index (χ1n) is 10.6. The molecule has 1 saturated carbocycles. The third kappa shape index (κ3) is 3.31. The fourth-order valence-corrected chi connectivity index (χ4v) is 4.84. The molecule has 0 spiro atoms. The van der Waals surface area contributed by atoms with Crippen LogP contribution in [0.15, 0.2) is 23.8 Å². The Morgan fingerprint density at radius 3 is 2.57 bits per heavy atom. The predicted molar refractivity (Wildman–Crippen MR) is 111 cm³/mol. The molecule has 3 aliphatic rings. The molecular formula is C24H33NO3. The van der Waals surface area contributed by atoms with E-state index in [1.807, 2.05) is 6.07 Å². The molecule has 1 amide bonds. The van der Waals surface area contributed by atoms with Gasteiger partial charge in [0.05, 0.1) is 0 Å². The van der Waals surface area contributed by atoms with Gasteiger partial charge in [0, 0.05) is 29.0 Å². The molecule has 2 atom stereocenters. The van der Waals surface area contributed by atoms with E-state index in [0.29, 0.717) is 18.2 Å². The largest absolute Gasteiger partial charge is 0.508 e. The molecular weight excluding hydrogens is 350 g/mol. The monoisotopic (exact) mass is 383 g/mol. The van der Waals surface area contributed by atoms with Gasteiger partial charge in [-0.1, -0.05) is 26.8 Å². The van der Waals surface area contributed by atoms with Crippen LogP contribution in [0.1, 0.15) is 83.8 Å². The number of allylic oxidation sites excluding steroid dienone is 1. The maximum Gasteiger partial charge on any atom is 0.247 e. The zero-order valence-electron chi connectivity index (χ0n) is 17.8. The zero-order valence-corrected chi connectivity index (χ0v) is 17.8. The van der Waals surface area contributed by atoms with Gasteiger partial charge in [-0.2, -0.15) is 0 Å². The average molecular weight is 384 g/mol. The zero-order chi connectivity index (χ0) is 20.3. The summed E-state index contributed by atoms with van der Waals surface area (Å²) in [5.74, 6) is 1.48. The number of phenols is 1. The molecule has 152 valence electrons. The Morgan fingerprint density at radius 1 is 1.25 bits per heavy atom. The normalized spacial score (nSPS) is 26.2. The van der Waals surface area contributed by atoms with Crippen molar-refractivity contribution in [2.45, 2.75) is 89.7 Å². The Hall–Kier alpha value is -1.97. The molecule has 0 aromatic heterocycles. The number of ether oxygens (including phenoxy) is 1. The lowest BCUT2D eigenvalue weighted by atomic mass is 9.66. The second-order valence-electron chi connectivity index (χ2n) is 10.3. The van der Waals surface area contributed by atoms with Crippen molar-refractivity contribution in [2.24, 2.45) is 5.92 Å². The highest BCUT2D eigenvalue weighted by molar-refractivity contribution is 5.94. The van der Waals surface area contributed by atoms with Crippen molar-refractivity contribution in [1.82, 2.24) is 5.32 Å². The molecule has 2 aliphatic carbocycles. The summed E-state index contributed by atoms with van der Waals surface area (Å²) in [7, 11) is 0. The van der Waals surface area contributed by atoms with Crippen LogP contribution in [0.4, 0.5) is 0 Å². The number of hydrogen-bond donors (Lipinski definition) is 2. The van der Waals surface area contributed by atoms with E-state index in [4.69, 9.17) is 4.74 Å². The lowest BCUT2D eigenvalue weighted by Gasteiger charge is -2.47. The fraction of sp³-hybridized carbons (Fsp3) is 0.625. The van der Waals surface area contributed by atoms with E-state index in [9.17, 15) is 9.90 Å². The van der Waals surface area contributed by atoms with Crippen LogP contribution in [-0.2, 0) is 10.2 Å². The molecule has 1 aromatic carbocycles. The van der Waals surface area contributed by atoms with Crippen molar-refractivity contribution in [3.05, 3.63) is 34.9 Å². The highest BCUT2D eigenvalue weighted by atomic mass is 16.5. The Balaban J connectivity index is 1.68. The summed E-state index contributed by atoms with van der Waals surface area (Å²) in [4.78, 5) is 12.7. The van der Waals surface area contributed by atoms with Gasteiger partial charge in [-0.3, -0.25) is 4.79 Å². The molecule has 1 aromatic rings. The van der Waals surface area contributed by atoms with E-state index < -0.39 is 0 Å². The second kappa shape index (κ2) is 6.53. The molecule has 1 aliphatic heterocycles. The standard InChI is InChI=1S/C24H33NO3/c1-23(2,3)15-12-19(26)21-17-11-14(22(27)25-16-7-6-8-16)9-10-18(17)24(4,5)28-20(21)13-15/h9,12-13,16-18,26H,6-8,10-11H2,1-5H3,(H,25,27). The van der Waals surface area contributed by atoms with Crippen LogP contribution >= 0.6 is 0 Å². The number of carbonyl (C=O) groups is 1. The molecule has 28 heavy (non-hydrogen) atoms. The molecule has 2 unspecified atom stereocenters. The smallest absolute Gasteiger partial charge is 0.247 e. The van der Waals surface area contributed by atoms with Crippen molar-refractivity contribution >= 4 is 5.91 Å². The van der Waals surface area contributed by atoms with Crippen LogP contribution in [0, 0.1) is 5.92 Å². The van der Waals surface area contributed by atoms with Crippen LogP contribution < -0.4 is 10.1 Å². The average Bonchev–Trinajstić information content (AvgIpc) is 2.55. The first-order chi connectivity index (χ1) is 13.1. The van der Waals surface area contributed by atoms with E-state index in [1.54, 1.807) is 0 Å². The number of amides is 1. The SMILES string of the molecule is CC(C)(C)c1cc(O)c2c(c1)OC(C)(C)C1CC=C(C(=O)NC3CCC3)CC21. The second-order valence-corrected chi connectivity index (χ2v) is 10.3. The summed E-state index contributed by atoms with van der Waals surface area (Å²) in [6, 6.07) is 4.30. The third-order valence-corrected chi connectivity index (χ3v) is 6.90. The number of rotatable bonds is 2. The Labute approximate surface area is 168 Å². The highest BCUT2D eigenvalue weighted by Crippen LogP contribution is 2.54. The first kappa shape index (κ1) is 19.4. The van der Waals surface area contributed by atoms with E-state index in [0.717, 1.165) is 41.7 Å². The van der Waals surface area contributed by atoms with Gasteiger partial charge in [0.25, 0.3) is 0 Å². The van der Waals surface area contributed by atoms with Crippen molar-refractivity contribution in [3.8, 4) is 11.5 Å². The molecule has 1 heterocycles. The van der Waals surface area contributed by atoms with Gasteiger partial charge < -0.3 is 15.2 Å². The minimum Gasteiger partial charge on any atom is -0.508 e. The molecule has 4 rings (SSSR count). The van der Waals surface area contributed by atoms with E-state index in [1.165, 1.54) is 6.42 Å². The molecule has 0 bridgehead atoms. The van der Waals surface area contributed by atoms with Crippen molar-refractivity contribution < 1.29 is 14.6 Å². The summed E-state index contributed by atoms with van der Waals surface area (Å²) in [5.41, 5.74) is 2.38. The minimum atomic E-state index is -0.340. The number of aromatic hydroxyl groups is 1. The number of phenolic OH excluding ortho intramolecular Hbond substituents is 1. The quantitative estimate of drug-likeness (QED) is 0.760. The Kier molecular flexibility index (Phi) is 4.52. The predicted octanol–water partition coefficient (Wildman–Crippen LogP) is 4.95. The van der Waals surface area contributed by atoms with Gasteiger partial charge in [-0.05, 0) is 69.1 Å². The van der Waals surface area contributed by atoms with E-state index in [-0.39, 0.29) is 28.8 Å². The Bertz CT molecular complexity index is 827. The lowest BCUT2D eigenvalue weighted by Crippen LogP contribution is -2.47. The van der Waals surface area contributed by atoms with Crippen molar-refractivity contribution in [2.75, 3.05) is 0 Å². The van der Waals surface area contributed by atoms with Crippen LogP contribution in [0.3, 0.4) is 0 Å². The summed E-state index contributed by atoms with van der Waals surface area (Å²) in [6.07, 6.45) is 6.93. The van der Waals surface area contributed by atoms with Gasteiger partial charge in [-0.25, -0.2) is 0 Å². The first-order valence-corrected chi connectivity index (χ1v) is 10.6. The molecule has 2 N–H and O–H groups in total. The number of fused-ring (bicyclic) bond motifs is 3. The lowest BCUT2D eigenvalue weighted by molar-refractivity contribution is -0.119. The molecule has 4 heteroatoms. The summed E-state index contributed by atoms with van der Waals surface area (Å²) >= 11 is 0. The summed E-state index contributed by atoms with van der Waals surface area (Å²) in [6.45, 7) is 10.7.